The molecule has 0 aromatic heterocycles. The summed E-state index contributed by atoms with van der Waals surface area (Å²) < 4.78 is 15.5. The monoisotopic (exact) mass is 451 g/mol. The minimum Gasteiger partial charge on any atom is -0.469 e. The molecule has 7 nitrogen and oxygen atoms in total. The number of ether oxygens (including phenoxy) is 3. The fraction of sp³-hybridized carbons (Fsp3) is 0.346. The molecule has 33 heavy (non-hydrogen) atoms. The Morgan fingerprint density at radius 2 is 1.64 bits per heavy atom. The molecule has 174 valence electrons. The number of esters is 2. The lowest BCUT2D eigenvalue weighted by atomic mass is 9.98. The minimum atomic E-state index is -0.884. The van der Waals surface area contributed by atoms with E-state index in [-0.39, 0.29) is 37.9 Å². The van der Waals surface area contributed by atoms with Gasteiger partial charge in [-0.3, -0.25) is 9.69 Å². The molecular formula is C26H29NO6. The number of methoxy groups -OCH3 is 1. The summed E-state index contributed by atoms with van der Waals surface area (Å²) in [5.74, 6) is -1.03. The van der Waals surface area contributed by atoms with Gasteiger partial charge in [0.25, 0.3) is 0 Å². The second kappa shape index (κ2) is 11.3. The van der Waals surface area contributed by atoms with Crippen LogP contribution in [-0.4, -0.2) is 56.3 Å². The second-order valence-electron chi connectivity index (χ2n) is 7.82. The number of likely N-dealkylation sites (N-methyl/N-ethyl adjacent to an activating group) is 1. The van der Waals surface area contributed by atoms with Crippen LogP contribution in [-0.2, 0) is 23.8 Å². The van der Waals surface area contributed by atoms with Gasteiger partial charge in [0.2, 0.25) is 0 Å². The van der Waals surface area contributed by atoms with Crippen molar-refractivity contribution in [3.8, 4) is 11.1 Å². The Morgan fingerprint density at radius 3 is 2.21 bits per heavy atom. The van der Waals surface area contributed by atoms with Crippen molar-refractivity contribution < 1.29 is 28.6 Å². The molecule has 0 saturated carbocycles. The number of hydrogen-bond donors (Lipinski definition) is 0. The van der Waals surface area contributed by atoms with Gasteiger partial charge in [-0.2, -0.15) is 0 Å². The molecule has 2 aromatic rings. The average molecular weight is 452 g/mol. The van der Waals surface area contributed by atoms with Crippen molar-refractivity contribution in [1.29, 1.82) is 0 Å². The van der Waals surface area contributed by atoms with E-state index in [0.717, 1.165) is 22.3 Å². The lowest BCUT2D eigenvalue weighted by molar-refractivity contribution is -0.148. The highest BCUT2D eigenvalue weighted by molar-refractivity contribution is 5.82. The largest absolute Gasteiger partial charge is 0.469 e. The van der Waals surface area contributed by atoms with Crippen LogP contribution in [0.25, 0.3) is 11.1 Å². The number of carbonyl (C=O) groups excluding carboxylic acids is 3. The summed E-state index contributed by atoms with van der Waals surface area (Å²) in [5, 5.41) is 0. The molecule has 7 heteroatoms. The van der Waals surface area contributed by atoms with Gasteiger partial charge in [-0.05, 0) is 35.1 Å². The van der Waals surface area contributed by atoms with Gasteiger partial charge in [-0.25, -0.2) is 9.59 Å². The molecule has 1 aliphatic carbocycles. The zero-order valence-electron chi connectivity index (χ0n) is 19.0. The number of amides is 1. The van der Waals surface area contributed by atoms with Crippen LogP contribution in [0.15, 0.2) is 61.2 Å². The second-order valence-corrected chi connectivity index (χ2v) is 7.82. The first-order chi connectivity index (χ1) is 16.0. The normalized spacial score (nSPS) is 12.8. The van der Waals surface area contributed by atoms with E-state index < -0.39 is 18.1 Å². The topological polar surface area (TPSA) is 82.1 Å². The molecule has 0 spiro atoms. The van der Waals surface area contributed by atoms with Crippen molar-refractivity contribution in [2.45, 2.75) is 31.2 Å². The lowest BCUT2D eigenvalue weighted by Gasteiger charge is -2.26. The third-order valence-electron chi connectivity index (χ3n) is 5.79. The molecule has 3 rings (SSSR count). The summed E-state index contributed by atoms with van der Waals surface area (Å²) >= 11 is 0. The van der Waals surface area contributed by atoms with Gasteiger partial charge in [0.05, 0.1) is 7.11 Å². The fourth-order valence-electron chi connectivity index (χ4n) is 4.07. The Balaban J connectivity index is 1.68. The van der Waals surface area contributed by atoms with Crippen molar-refractivity contribution in [1.82, 2.24) is 4.90 Å². The SMILES string of the molecule is C=CCOC(=O)[C@@H](CCCC(=O)OC)N(C)C(=O)OCC1c2ccccc2-c2ccccc21. The van der Waals surface area contributed by atoms with Gasteiger partial charge in [0.1, 0.15) is 19.3 Å². The molecule has 0 fully saturated rings. The van der Waals surface area contributed by atoms with Crippen molar-refractivity contribution in [3.05, 3.63) is 72.3 Å². The summed E-state index contributed by atoms with van der Waals surface area (Å²) in [6.45, 7) is 3.71. The highest BCUT2D eigenvalue weighted by atomic mass is 16.6. The Bertz CT molecular complexity index is 972. The Labute approximate surface area is 193 Å². The highest BCUT2D eigenvalue weighted by Crippen LogP contribution is 2.44. The van der Waals surface area contributed by atoms with Crippen LogP contribution in [0.2, 0.25) is 0 Å². The van der Waals surface area contributed by atoms with E-state index in [9.17, 15) is 14.4 Å². The predicted octanol–water partition coefficient (Wildman–Crippen LogP) is 4.31. The highest BCUT2D eigenvalue weighted by Gasteiger charge is 2.32. The first kappa shape index (κ1) is 24.0. The van der Waals surface area contributed by atoms with Gasteiger partial charge in [0, 0.05) is 19.4 Å². The Hall–Kier alpha value is -3.61. The number of nitrogens with zero attached hydrogens (tertiary/aromatic N) is 1. The molecule has 2 aromatic carbocycles. The molecule has 1 amide bonds. The molecule has 0 N–H and O–H groups in total. The quantitative estimate of drug-likeness (QED) is 0.304. The standard InChI is InChI=1S/C26H29NO6/c1-4-16-32-25(29)23(14-9-15-24(28)31-3)27(2)26(30)33-17-22-20-12-7-5-10-18(20)19-11-6-8-13-21(19)22/h4-8,10-13,22-23H,1,9,14-17H2,2-3H3/t23-/m1/s1. The number of fused-ring (bicyclic) bond motifs is 3. The molecule has 1 aliphatic rings. The zero-order valence-corrected chi connectivity index (χ0v) is 19.0. The van der Waals surface area contributed by atoms with Gasteiger partial charge >= 0.3 is 18.0 Å². The van der Waals surface area contributed by atoms with Crippen LogP contribution in [0.4, 0.5) is 4.79 Å². The first-order valence-corrected chi connectivity index (χ1v) is 10.9. The Kier molecular flexibility index (Phi) is 8.24. The van der Waals surface area contributed by atoms with E-state index in [0.29, 0.717) is 6.42 Å². The van der Waals surface area contributed by atoms with E-state index >= 15 is 0 Å². The zero-order chi connectivity index (χ0) is 23.8. The number of rotatable bonds is 10. The molecular weight excluding hydrogens is 422 g/mol. The predicted molar refractivity (Wildman–Crippen MR) is 124 cm³/mol. The van der Waals surface area contributed by atoms with Gasteiger partial charge in [0.15, 0.2) is 0 Å². The molecule has 1 atom stereocenters. The number of benzene rings is 2. The average Bonchev–Trinajstić information content (AvgIpc) is 3.16. The minimum absolute atomic E-state index is 0.0326. The molecule has 0 heterocycles. The third-order valence-corrected chi connectivity index (χ3v) is 5.79. The van der Waals surface area contributed by atoms with Crippen LogP contribution in [0.3, 0.4) is 0 Å². The van der Waals surface area contributed by atoms with Gasteiger partial charge < -0.3 is 14.2 Å². The van der Waals surface area contributed by atoms with Crippen molar-refractivity contribution in [2.24, 2.45) is 0 Å². The maximum atomic E-state index is 12.9. The van der Waals surface area contributed by atoms with Crippen molar-refractivity contribution in [2.75, 3.05) is 27.4 Å². The van der Waals surface area contributed by atoms with E-state index in [1.54, 1.807) is 0 Å². The van der Waals surface area contributed by atoms with E-state index in [1.807, 2.05) is 36.4 Å². The summed E-state index contributed by atoms with van der Waals surface area (Å²) in [6, 6.07) is 15.3. The maximum absolute atomic E-state index is 12.9. The fourth-order valence-corrected chi connectivity index (χ4v) is 4.07. The number of carbonyl (C=O) groups is 3. The van der Waals surface area contributed by atoms with E-state index in [4.69, 9.17) is 9.47 Å². The van der Waals surface area contributed by atoms with Crippen molar-refractivity contribution in [3.63, 3.8) is 0 Å². The Morgan fingerprint density at radius 1 is 1.03 bits per heavy atom. The number of hydrogen-bond acceptors (Lipinski definition) is 6. The molecule has 0 saturated heterocycles. The van der Waals surface area contributed by atoms with Crippen LogP contribution < -0.4 is 0 Å². The maximum Gasteiger partial charge on any atom is 0.410 e. The molecule has 0 bridgehead atoms. The summed E-state index contributed by atoms with van der Waals surface area (Å²) in [5.41, 5.74) is 4.48. The van der Waals surface area contributed by atoms with Gasteiger partial charge in [-0.15, -0.1) is 0 Å². The van der Waals surface area contributed by atoms with Crippen molar-refractivity contribution >= 4 is 18.0 Å². The van der Waals surface area contributed by atoms with Crippen LogP contribution >= 0.6 is 0 Å². The smallest absolute Gasteiger partial charge is 0.410 e. The summed E-state index contributed by atoms with van der Waals surface area (Å²) in [6.07, 6.45) is 1.57. The lowest BCUT2D eigenvalue weighted by Crippen LogP contribution is -2.44. The molecule has 0 aliphatic heterocycles. The van der Waals surface area contributed by atoms with Crippen LogP contribution in [0, 0.1) is 0 Å². The summed E-state index contributed by atoms with van der Waals surface area (Å²) in [7, 11) is 2.80. The third kappa shape index (κ3) is 5.61. The van der Waals surface area contributed by atoms with E-state index in [2.05, 4.69) is 23.4 Å². The molecule has 0 radical (unpaired) electrons. The van der Waals surface area contributed by atoms with Gasteiger partial charge in [-0.1, -0.05) is 61.2 Å². The summed E-state index contributed by atoms with van der Waals surface area (Å²) in [4.78, 5) is 38.1. The molecule has 0 unspecified atom stereocenters. The van der Waals surface area contributed by atoms with E-state index in [1.165, 1.54) is 25.1 Å². The first-order valence-electron chi connectivity index (χ1n) is 10.9. The van der Waals surface area contributed by atoms with Crippen LogP contribution in [0.1, 0.15) is 36.3 Å². The van der Waals surface area contributed by atoms with Crippen LogP contribution in [0.5, 0.6) is 0 Å².